The predicted molar refractivity (Wildman–Crippen MR) is 75.1 cm³/mol. The number of amides is 1. The molecule has 1 aromatic rings. The average molecular weight is 303 g/mol. The number of primary amides is 1. The normalized spacial score (nSPS) is 24.4. The Hall–Kier alpha value is -0.810. The molecular formula is C13H16Cl2N2O2. The minimum atomic E-state index is -1.44. The van der Waals surface area contributed by atoms with Gasteiger partial charge in [-0.3, -0.25) is 9.69 Å². The average Bonchev–Trinajstić information content (AvgIpc) is 2.35. The monoisotopic (exact) mass is 302 g/mol. The number of likely N-dealkylation sites (tertiary alicyclic amines) is 1. The minimum Gasteiger partial charge on any atom is -0.379 e. The number of carbonyl (C=O) groups is 1. The van der Waals surface area contributed by atoms with E-state index in [2.05, 4.69) is 0 Å². The Bertz CT molecular complexity index is 496. The number of halogens is 2. The van der Waals surface area contributed by atoms with Crippen molar-refractivity contribution in [2.45, 2.75) is 25.0 Å². The van der Waals surface area contributed by atoms with E-state index in [1.165, 1.54) is 0 Å². The molecule has 6 heteroatoms. The van der Waals surface area contributed by atoms with Crippen LogP contribution in [0.3, 0.4) is 0 Å². The van der Waals surface area contributed by atoms with Crippen LogP contribution in [0, 0.1) is 0 Å². The van der Waals surface area contributed by atoms with E-state index in [0.29, 0.717) is 23.0 Å². The molecule has 1 atom stereocenters. The first-order valence-electron chi connectivity index (χ1n) is 6.10. The number of carbonyl (C=O) groups excluding carboxylic acids is 1. The van der Waals surface area contributed by atoms with Crippen LogP contribution in [-0.4, -0.2) is 34.6 Å². The van der Waals surface area contributed by atoms with Crippen molar-refractivity contribution < 1.29 is 9.90 Å². The van der Waals surface area contributed by atoms with Crippen LogP contribution in [-0.2, 0) is 11.3 Å². The molecule has 19 heavy (non-hydrogen) atoms. The molecule has 2 rings (SSSR count). The molecule has 0 aromatic heterocycles. The van der Waals surface area contributed by atoms with Crippen molar-refractivity contribution in [3.05, 3.63) is 33.8 Å². The van der Waals surface area contributed by atoms with Gasteiger partial charge in [-0.25, -0.2) is 0 Å². The number of aliphatic hydroxyl groups is 1. The molecule has 1 aliphatic heterocycles. The summed E-state index contributed by atoms with van der Waals surface area (Å²) < 4.78 is 0. The van der Waals surface area contributed by atoms with Gasteiger partial charge in [-0.1, -0.05) is 35.3 Å². The zero-order chi connectivity index (χ0) is 14.0. The molecule has 0 spiro atoms. The topological polar surface area (TPSA) is 66.6 Å². The van der Waals surface area contributed by atoms with Crippen molar-refractivity contribution in [2.75, 3.05) is 13.1 Å². The summed E-state index contributed by atoms with van der Waals surface area (Å²) in [6, 6.07) is 5.43. The van der Waals surface area contributed by atoms with E-state index < -0.39 is 11.5 Å². The third kappa shape index (κ3) is 3.20. The maximum Gasteiger partial charge on any atom is 0.250 e. The van der Waals surface area contributed by atoms with Gasteiger partial charge in [-0.2, -0.15) is 0 Å². The highest BCUT2D eigenvalue weighted by Gasteiger charge is 2.38. The van der Waals surface area contributed by atoms with E-state index >= 15 is 0 Å². The van der Waals surface area contributed by atoms with Gasteiger partial charge in [0.1, 0.15) is 0 Å². The van der Waals surface area contributed by atoms with Gasteiger partial charge < -0.3 is 10.8 Å². The Morgan fingerprint density at radius 3 is 2.89 bits per heavy atom. The second-order valence-corrected chi connectivity index (χ2v) is 5.71. The molecule has 3 N–H and O–H groups in total. The van der Waals surface area contributed by atoms with Crippen LogP contribution in [0.2, 0.25) is 10.0 Å². The fraction of sp³-hybridized carbons (Fsp3) is 0.462. The Morgan fingerprint density at radius 1 is 1.47 bits per heavy atom. The van der Waals surface area contributed by atoms with Gasteiger partial charge in [-0.15, -0.1) is 0 Å². The molecular weight excluding hydrogens is 287 g/mol. The Kier molecular flexibility index (Phi) is 4.36. The lowest BCUT2D eigenvalue weighted by molar-refractivity contribution is -0.142. The lowest BCUT2D eigenvalue weighted by Gasteiger charge is -2.37. The first-order chi connectivity index (χ1) is 8.92. The highest BCUT2D eigenvalue weighted by atomic mass is 35.5. The molecule has 1 aromatic carbocycles. The van der Waals surface area contributed by atoms with Crippen LogP contribution in [0.5, 0.6) is 0 Å². The van der Waals surface area contributed by atoms with Crippen LogP contribution in [0.25, 0.3) is 0 Å². The van der Waals surface area contributed by atoms with Crippen LogP contribution >= 0.6 is 23.2 Å². The van der Waals surface area contributed by atoms with E-state index in [4.69, 9.17) is 28.9 Å². The van der Waals surface area contributed by atoms with Crippen LogP contribution < -0.4 is 5.73 Å². The van der Waals surface area contributed by atoms with Crippen molar-refractivity contribution in [3.63, 3.8) is 0 Å². The standard InChI is InChI=1S/C13H16Cl2N2O2/c14-10-4-1-3-9(11(10)15)7-17-6-2-5-13(19,8-17)12(16)18/h1,3-4,19H,2,5-8H2,(H2,16,18). The number of benzene rings is 1. The highest BCUT2D eigenvalue weighted by molar-refractivity contribution is 6.42. The van der Waals surface area contributed by atoms with Gasteiger partial charge in [-0.05, 0) is 31.0 Å². The van der Waals surface area contributed by atoms with Crippen LogP contribution in [0.15, 0.2) is 18.2 Å². The lowest BCUT2D eigenvalue weighted by Crippen LogP contribution is -2.55. The van der Waals surface area contributed by atoms with E-state index in [0.717, 1.165) is 18.5 Å². The fourth-order valence-electron chi connectivity index (χ4n) is 2.37. The zero-order valence-electron chi connectivity index (χ0n) is 10.4. The maximum absolute atomic E-state index is 11.3. The van der Waals surface area contributed by atoms with Crippen molar-refractivity contribution in [2.24, 2.45) is 5.73 Å². The minimum absolute atomic E-state index is 0.227. The first-order valence-corrected chi connectivity index (χ1v) is 6.85. The zero-order valence-corrected chi connectivity index (χ0v) is 11.9. The molecule has 4 nitrogen and oxygen atoms in total. The molecule has 1 saturated heterocycles. The van der Waals surface area contributed by atoms with Crippen LogP contribution in [0.1, 0.15) is 18.4 Å². The third-order valence-corrected chi connectivity index (χ3v) is 4.29. The second kappa shape index (κ2) is 5.67. The molecule has 0 bridgehead atoms. The summed E-state index contributed by atoms with van der Waals surface area (Å²) in [5.74, 6) is -0.672. The smallest absolute Gasteiger partial charge is 0.250 e. The summed E-state index contributed by atoms with van der Waals surface area (Å²) in [4.78, 5) is 13.3. The number of nitrogens with two attached hydrogens (primary N) is 1. The molecule has 0 aliphatic carbocycles. The quantitative estimate of drug-likeness (QED) is 0.895. The van der Waals surface area contributed by atoms with Crippen LogP contribution in [0.4, 0.5) is 0 Å². The molecule has 1 fully saturated rings. The fourth-order valence-corrected chi connectivity index (χ4v) is 2.75. The highest BCUT2D eigenvalue weighted by Crippen LogP contribution is 2.28. The summed E-state index contributed by atoms with van der Waals surface area (Å²) in [5.41, 5.74) is 4.68. The molecule has 104 valence electrons. The Morgan fingerprint density at radius 2 is 2.21 bits per heavy atom. The van der Waals surface area contributed by atoms with Gasteiger partial charge >= 0.3 is 0 Å². The predicted octanol–water partition coefficient (Wildman–Crippen LogP) is 1.81. The van der Waals surface area contributed by atoms with Gasteiger partial charge in [0, 0.05) is 13.1 Å². The number of β-amino-alcohol motifs (C(OH)–C–C–N with tert-alkyl or cyclic N) is 1. The molecule has 1 unspecified atom stereocenters. The molecule has 0 saturated carbocycles. The van der Waals surface area contributed by atoms with E-state index in [1.54, 1.807) is 6.07 Å². The number of hydrogen-bond donors (Lipinski definition) is 2. The Labute approximate surface area is 122 Å². The molecule has 1 heterocycles. The maximum atomic E-state index is 11.3. The van der Waals surface area contributed by atoms with E-state index in [1.807, 2.05) is 17.0 Å². The van der Waals surface area contributed by atoms with E-state index in [9.17, 15) is 9.90 Å². The number of hydrogen-bond acceptors (Lipinski definition) is 3. The number of nitrogens with zero attached hydrogens (tertiary/aromatic N) is 1. The molecule has 1 aliphatic rings. The van der Waals surface area contributed by atoms with Gasteiger partial charge in [0.05, 0.1) is 10.0 Å². The van der Waals surface area contributed by atoms with Gasteiger partial charge in [0.25, 0.3) is 5.91 Å². The van der Waals surface area contributed by atoms with Gasteiger partial charge in [0.15, 0.2) is 5.60 Å². The van der Waals surface area contributed by atoms with Crippen molar-refractivity contribution >= 4 is 29.1 Å². The molecule has 0 radical (unpaired) electrons. The largest absolute Gasteiger partial charge is 0.379 e. The van der Waals surface area contributed by atoms with Crippen molar-refractivity contribution in [1.82, 2.24) is 4.90 Å². The summed E-state index contributed by atoms with van der Waals surface area (Å²) in [6.07, 6.45) is 1.12. The van der Waals surface area contributed by atoms with Gasteiger partial charge in [0.2, 0.25) is 0 Å². The summed E-state index contributed by atoms with van der Waals surface area (Å²) in [7, 11) is 0. The van der Waals surface area contributed by atoms with Crippen molar-refractivity contribution in [3.8, 4) is 0 Å². The summed E-state index contributed by atoms with van der Waals surface area (Å²) >= 11 is 12.1. The summed E-state index contributed by atoms with van der Waals surface area (Å²) in [6.45, 7) is 1.55. The van der Waals surface area contributed by atoms with Crippen molar-refractivity contribution in [1.29, 1.82) is 0 Å². The Balaban J connectivity index is 2.11. The summed E-state index contributed by atoms with van der Waals surface area (Å²) in [5, 5.41) is 11.2. The third-order valence-electron chi connectivity index (χ3n) is 3.43. The molecule has 1 amide bonds. The number of rotatable bonds is 3. The van der Waals surface area contributed by atoms with E-state index in [-0.39, 0.29) is 6.54 Å². The number of piperidine rings is 1. The second-order valence-electron chi connectivity index (χ2n) is 4.92. The SMILES string of the molecule is NC(=O)C1(O)CCCN(Cc2cccc(Cl)c2Cl)C1. The lowest BCUT2D eigenvalue weighted by atomic mass is 9.92. The first kappa shape index (κ1) is 14.6.